The maximum atomic E-state index is 12.4. The Kier molecular flexibility index (Phi) is 6.00. The number of hydrogen-bond acceptors (Lipinski definition) is 6. The van der Waals surface area contributed by atoms with Gasteiger partial charge in [-0.05, 0) is 55.3 Å². The first-order chi connectivity index (χ1) is 13.8. The predicted molar refractivity (Wildman–Crippen MR) is 105 cm³/mol. The van der Waals surface area contributed by atoms with Gasteiger partial charge in [-0.2, -0.15) is 0 Å². The molecular formula is C20H20N2O6S. The second-order valence-electron chi connectivity index (χ2n) is 6.38. The molecule has 0 amide bonds. The molecule has 0 saturated heterocycles. The summed E-state index contributed by atoms with van der Waals surface area (Å²) in [6, 6.07) is 9.44. The van der Waals surface area contributed by atoms with Gasteiger partial charge in [0.15, 0.2) is 6.39 Å². The molecular weight excluding hydrogens is 396 g/mol. The van der Waals surface area contributed by atoms with Gasteiger partial charge in [0.05, 0.1) is 10.5 Å². The summed E-state index contributed by atoms with van der Waals surface area (Å²) in [5, 5.41) is 9.15. The van der Waals surface area contributed by atoms with Crippen LogP contribution in [-0.4, -0.2) is 37.6 Å². The van der Waals surface area contributed by atoms with Crippen LogP contribution >= 0.6 is 0 Å². The minimum atomic E-state index is -3.84. The van der Waals surface area contributed by atoms with Crippen LogP contribution in [-0.2, 0) is 10.0 Å². The van der Waals surface area contributed by atoms with Crippen LogP contribution in [0.2, 0.25) is 0 Å². The summed E-state index contributed by atoms with van der Waals surface area (Å²) in [6.07, 6.45) is 2.91. The molecule has 0 spiro atoms. The fourth-order valence-electron chi connectivity index (χ4n) is 2.79. The van der Waals surface area contributed by atoms with Gasteiger partial charge in [-0.3, -0.25) is 0 Å². The van der Waals surface area contributed by atoms with Crippen molar-refractivity contribution in [3.8, 4) is 17.0 Å². The highest BCUT2D eigenvalue weighted by Gasteiger charge is 2.17. The Morgan fingerprint density at radius 1 is 1.17 bits per heavy atom. The molecule has 1 heterocycles. The number of sulfonamides is 1. The van der Waals surface area contributed by atoms with E-state index in [0.29, 0.717) is 11.3 Å². The first-order valence-corrected chi connectivity index (χ1v) is 10.2. The Hall–Kier alpha value is -3.17. The average Bonchev–Trinajstić information content (AvgIpc) is 3.19. The maximum absolute atomic E-state index is 12.4. The number of benzene rings is 2. The third kappa shape index (κ3) is 4.82. The van der Waals surface area contributed by atoms with Crippen LogP contribution in [0.25, 0.3) is 11.3 Å². The van der Waals surface area contributed by atoms with E-state index < -0.39 is 16.0 Å². The van der Waals surface area contributed by atoms with Crippen LogP contribution in [0.15, 0.2) is 58.4 Å². The van der Waals surface area contributed by atoms with E-state index in [1.54, 1.807) is 19.3 Å². The molecule has 0 aliphatic rings. The highest BCUT2D eigenvalue weighted by molar-refractivity contribution is 7.89. The average molecular weight is 416 g/mol. The van der Waals surface area contributed by atoms with E-state index >= 15 is 0 Å². The Morgan fingerprint density at radius 2 is 1.97 bits per heavy atom. The van der Waals surface area contributed by atoms with Crippen LogP contribution in [0.5, 0.6) is 5.75 Å². The molecule has 2 aromatic carbocycles. The molecule has 0 unspecified atom stereocenters. The molecule has 29 heavy (non-hydrogen) atoms. The Labute approximate surface area is 168 Å². The van der Waals surface area contributed by atoms with Crippen molar-refractivity contribution in [2.45, 2.75) is 18.7 Å². The molecule has 0 bridgehead atoms. The normalized spacial score (nSPS) is 11.4. The van der Waals surface area contributed by atoms with Crippen molar-refractivity contribution < 1.29 is 27.5 Å². The topological polar surface area (TPSA) is 119 Å². The zero-order chi connectivity index (χ0) is 21.0. The minimum Gasteiger partial charge on any atom is -0.492 e. The third-order valence-electron chi connectivity index (χ3n) is 4.32. The molecule has 0 aliphatic carbocycles. The summed E-state index contributed by atoms with van der Waals surface area (Å²) in [6.45, 7) is 3.66. The number of carboxylic acids is 1. The van der Waals surface area contributed by atoms with Gasteiger partial charge in [-0.25, -0.2) is 22.9 Å². The van der Waals surface area contributed by atoms with Gasteiger partial charge in [0.1, 0.15) is 24.3 Å². The van der Waals surface area contributed by atoms with Crippen LogP contribution in [0.1, 0.15) is 21.5 Å². The third-order valence-corrected chi connectivity index (χ3v) is 5.78. The summed E-state index contributed by atoms with van der Waals surface area (Å²) in [7, 11) is -3.84. The van der Waals surface area contributed by atoms with E-state index in [9.17, 15) is 13.2 Å². The number of aromatic carboxylic acids is 1. The Bertz CT molecular complexity index is 1120. The van der Waals surface area contributed by atoms with Gasteiger partial charge in [0.2, 0.25) is 10.0 Å². The molecule has 3 rings (SSSR count). The van der Waals surface area contributed by atoms with Gasteiger partial charge in [-0.15, -0.1) is 0 Å². The van der Waals surface area contributed by atoms with Crippen LogP contribution in [0, 0.1) is 13.8 Å². The molecule has 0 radical (unpaired) electrons. The molecule has 3 aromatic rings. The lowest BCUT2D eigenvalue weighted by Gasteiger charge is -2.11. The number of carboxylic acid groups (broad SMARTS) is 1. The summed E-state index contributed by atoms with van der Waals surface area (Å²) in [5.74, 6) is -0.579. The molecule has 0 fully saturated rings. The van der Waals surface area contributed by atoms with Crippen LogP contribution in [0.4, 0.5) is 0 Å². The van der Waals surface area contributed by atoms with Crippen LogP contribution in [0.3, 0.4) is 0 Å². The zero-order valence-corrected chi connectivity index (χ0v) is 16.7. The molecule has 9 heteroatoms. The second-order valence-corrected chi connectivity index (χ2v) is 8.15. The number of rotatable bonds is 8. The van der Waals surface area contributed by atoms with E-state index in [0.717, 1.165) is 22.9 Å². The lowest BCUT2D eigenvalue weighted by molar-refractivity contribution is 0.0696. The molecule has 0 atom stereocenters. The smallest absolute Gasteiger partial charge is 0.335 e. The second kappa shape index (κ2) is 8.46. The summed E-state index contributed by atoms with van der Waals surface area (Å²) < 4.78 is 37.8. The summed E-state index contributed by atoms with van der Waals surface area (Å²) in [5.41, 5.74) is 3.02. The minimum absolute atomic E-state index is 0.0305. The van der Waals surface area contributed by atoms with Gasteiger partial charge < -0.3 is 14.3 Å². The van der Waals surface area contributed by atoms with E-state index in [4.69, 9.17) is 14.3 Å². The molecule has 0 saturated carbocycles. The van der Waals surface area contributed by atoms with E-state index in [1.165, 1.54) is 18.5 Å². The lowest BCUT2D eigenvalue weighted by atomic mass is 10.1. The SMILES string of the molecule is Cc1ccc(S(=O)(=O)NCCOc2ccc(-c3cocn3)c(C)c2)cc1C(=O)O. The zero-order valence-electron chi connectivity index (χ0n) is 15.9. The van der Waals surface area contributed by atoms with Gasteiger partial charge >= 0.3 is 5.97 Å². The summed E-state index contributed by atoms with van der Waals surface area (Å²) in [4.78, 5) is 15.2. The van der Waals surface area contributed by atoms with E-state index in [-0.39, 0.29) is 23.6 Å². The molecule has 1 aromatic heterocycles. The van der Waals surface area contributed by atoms with Crippen molar-refractivity contribution in [2.24, 2.45) is 0 Å². The largest absolute Gasteiger partial charge is 0.492 e. The number of nitrogens with zero attached hydrogens (tertiary/aromatic N) is 1. The number of nitrogens with one attached hydrogen (secondary N) is 1. The van der Waals surface area contributed by atoms with Gasteiger partial charge in [0, 0.05) is 12.1 Å². The van der Waals surface area contributed by atoms with Crippen molar-refractivity contribution in [3.05, 3.63) is 65.7 Å². The standard InChI is InChI=1S/C20H20N2O6S/c1-13-3-5-16(10-18(13)20(23)24)29(25,26)22-7-8-28-15-4-6-17(14(2)9-15)19-11-27-12-21-19/h3-6,9-12,22H,7-8H2,1-2H3,(H,23,24). The highest BCUT2D eigenvalue weighted by Crippen LogP contribution is 2.25. The van der Waals surface area contributed by atoms with E-state index in [2.05, 4.69) is 9.71 Å². The predicted octanol–water partition coefficient (Wildman–Crippen LogP) is 3.01. The number of oxazole rings is 1. The monoisotopic (exact) mass is 416 g/mol. The van der Waals surface area contributed by atoms with Crippen LogP contribution < -0.4 is 9.46 Å². The number of ether oxygens (including phenoxy) is 1. The summed E-state index contributed by atoms with van der Waals surface area (Å²) >= 11 is 0. The Morgan fingerprint density at radius 3 is 2.62 bits per heavy atom. The molecule has 152 valence electrons. The van der Waals surface area contributed by atoms with Crippen molar-refractivity contribution in [2.75, 3.05) is 13.2 Å². The molecule has 2 N–H and O–H groups in total. The number of carbonyl (C=O) groups is 1. The first-order valence-electron chi connectivity index (χ1n) is 8.73. The quantitative estimate of drug-likeness (QED) is 0.542. The number of aryl methyl sites for hydroxylation is 2. The molecule has 0 aliphatic heterocycles. The Balaban J connectivity index is 1.59. The number of aromatic nitrogens is 1. The van der Waals surface area contributed by atoms with E-state index in [1.807, 2.05) is 19.1 Å². The lowest BCUT2D eigenvalue weighted by Crippen LogP contribution is -2.28. The van der Waals surface area contributed by atoms with Crippen molar-refractivity contribution in [1.29, 1.82) is 0 Å². The molecule has 8 nitrogen and oxygen atoms in total. The first kappa shape index (κ1) is 20.6. The fourth-order valence-corrected chi connectivity index (χ4v) is 3.82. The van der Waals surface area contributed by atoms with Gasteiger partial charge in [0.25, 0.3) is 0 Å². The van der Waals surface area contributed by atoms with Crippen molar-refractivity contribution >= 4 is 16.0 Å². The van der Waals surface area contributed by atoms with Crippen molar-refractivity contribution in [3.63, 3.8) is 0 Å². The van der Waals surface area contributed by atoms with Gasteiger partial charge in [-0.1, -0.05) is 6.07 Å². The maximum Gasteiger partial charge on any atom is 0.335 e. The number of hydrogen-bond donors (Lipinski definition) is 2. The van der Waals surface area contributed by atoms with Crippen molar-refractivity contribution in [1.82, 2.24) is 9.71 Å². The fraction of sp³-hybridized carbons (Fsp3) is 0.200. The highest BCUT2D eigenvalue weighted by atomic mass is 32.2.